The molecular weight excluding hydrogens is 547 g/mol. The van der Waals surface area contributed by atoms with E-state index in [-0.39, 0.29) is 23.7 Å². The Morgan fingerprint density at radius 1 is 1.08 bits per heavy atom. The summed E-state index contributed by atoms with van der Waals surface area (Å²) in [5.41, 5.74) is -1.83. The number of halogens is 7. The van der Waals surface area contributed by atoms with Crippen LogP contribution in [0.4, 0.5) is 30.7 Å². The fourth-order valence-electron chi connectivity index (χ4n) is 3.77. The van der Waals surface area contributed by atoms with Crippen molar-refractivity contribution >= 4 is 15.7 Å². The average Bonchev–Trinajstić information content (AvgIpc) is 3.36. The summed E-state index contributed by atoms with van der Waals surface area (Å²) in [4.78, 5) is 14.1. The van der Waals surface area contributed by atoms with Gasteiger partial charge in [0.05, 0.1) is 28.3 Å². The zero-order valence-corrected chi connectivity index (χ0v) is 20.4. The molecule has 4 rings (SSSR count). The third-order valence-electron chi connectivity index (χ3n) is 5.77. The lowest BCUT2D eigenvalue weighted by molar-refractivity contribution is -0.189. The van der Waals surface area contributed by atoms with Gasteiger partial charge in [0.25, 0.3) is 5.91 Å². The van der Waals surface area contributed by atoms with E-state index in [0.29, 0.717) is 11.6 Å². The van der Waals surface area contributed by atoms with Gasteiger partial charge in [0.15, 0.2) is 21.8 Å². The maximum absolute atomic E-state index is 14.5. The molecule has 7 nitrogen and oxygen atoms in total. The van der Waals surface area contributed by atoms with E-state index in [1.165, 1.54) is 6.20 Å². The number of aromatic nitrogens is 2. The van der Waals surface area contributed by atoms with E-state index in [4.69, 9.17) is 4.74 Å². The van der Waals surface area contributed by atoms with Gasteiger partial charge >= 0.3 is 12.4 Å². The van der Waals surface area contributed by atoms with Gasteiger partial charge in [0, 0.05) is 24.6 Å². The molecule has 1 aliphatic heterocycles. The molecule has 2 heterocycles. The quantitative estimate of drug-likeness (QED) is 0.411. The van der Waals surface area contributed by atoms with E-state index in [2.05, 4.69) is 5.10 Å². The van der Waals surface area contributed by atoms with E-state index in [0.717, 1.165) is 53.1 Å². The first-order valence-electron chi connectivity index (χ1n) is 10.8. The molecule has 0 saturated heterocycles. The molecule has 0 radical (unpaired) electrons. The van der Waals surface area contributed by atoms with Gasteiger partial charge in [0.1, 0.15) is 11.4 Å². The number of carbonyl (C=O) groups is 1. The number of ether oxygens (including phenoxy) is 1. The van der Waals surface area contributed by atoms with Gasteiger partial charge in [-0.15, -0.1) is 0 Å². The Morgan fingerprint density at radius 2 is 1.76 bits per heavy atom. The normalized spacial score (nSPS) is 14.9. The monoisotopic (exact) mass is 565 g/mol. The summed E-state index contributed by atoms with van der Waals surface area (Å²) in [6.07, 6.45) is -9.90. The Kier molecular flexibility index (Phi) is 6.70. The van der Waals surface area contributed by atoms with Crippen LogP contribution in [0, 0.1) is 5.82 Å². The van der Waals surface area contributed by atoms with Crippen LogP contribution in [0.2, 0.25) is 0 Å². The highest BCUT2D eigenvalue weighted by Crippen LogP contribution is 2.35. The Hall–Kier alpha value is -3.62. The van der Waals surface area contributed by atoms with Crippen molar-refractivity contribution in [1.82, 2.24) is 14.7 Å². The van der Waals surface area contributed by atoms with Crippen molar-refractivity contribution in [3.8, 4) is 11.4 Å². The number of nitrogens with zero attached hydrogens (tertiary/aromatic N) is 3. The Morgan fingerprint density at radius 3 is 2.34 bits per heavy atom. The highest BCUT2D eigenvalue weighted by atomic mass is 32.2. The zero-order chi connectivity index (χ0) is 28.2. The number of hydrogen-bond donors (Lipinski definition) is 0. The summed E-state index contributed by atoms with van der Waals surface area (Å²) in [6, 6.07) is 5.57. The average molecular weight is 565 g/mol. The number of carbonyl (C=O) groups excluding carboxylic acids is 1. The molecule has 0 bridgehead atoms. The lowest BCUT2D eigenvalue weighted by Crippen LogP contribution is -2.33. The van der Waals surface area contributed by atoms with Crippen molar-refractivity contribution in [2.75, 3.05) is 6.26 Å². The van der Waals surface area contributed by atoms with Crippen molar-refractivity contribution in [3.63, 3.8) is 0 Å². The van der Waals surface area contributed by atoms with Crippen LogP contribution in [0.25, 0.3) is 5.69 Å². The summed E-state index contributed by atoms with van der Waals surface area (Å²) >= 11 is 0. The minimum atomic E-state index is -4.93. The van der Waals surface area contributed by atoms with Gasteiger partial charge in [0.2, 0.25) is 0 Å². The van der Waals surface area contributed by atoms with Crippen molar-refractivity contribution in [3.05, 3.63) is 70.8 Å². The van der Waals surface area contributed by atoms with Gasteiger partial charge < -0.3 is 9.64 Å². The molecule has 3 aromatic rings. The second kappa shape index (κ2) is 9.29. The molecule has 1 atom stereocenters. The largest absolute Gasteiger partial charge is 0.480 e. The molecule has 0 aliphatic carbocycles. The van der Waals surface area contributed by atoms with Gasteiger partial charge in [-0.2, -0.15) is 31.4 Å². The Bertz CT molecular complexity index is 1490. The van der Waals surface area contributed by atoms with Crippen LogP contribution in [0.15, 0.2) is 47.5 Å². The summed E-state index contributed by atoms with van der Waals surface area (Å²) < 4.78 is 123. The third-order valence-corrected chi connectivity index (χ3v) is 6.88. The van der Waals surface area contributed by atoms with Crippen LogP contribution in [0.3, 0.4) is 0 Å². The highest BCUT2D eigenvalue weighted by Gasteiger charge is 2.39. The maximum Gasteiger partial charge on any atom is 0.425 e. The van der Waals surface area contributed by atoms with E-state index in [9.17, 15) is 43.9 Å². The molecule has 1 aliphatic rings. The van der Waals surface area contributed by atoms with E-state index >= 15 is 0 Å². The molecule has 38 heavy (non-hydrogen) atoms. The SMILES string of the molecule is C[C@H](Oc1ccc(S(C)(=O)=O)cc1C(=O)N1Cc2cn(-c3cccc(C(F)(F)F)c3F)nc2C1)C(F)(F)F. The first kappa shape index (κ1) is 27.4. The van der Waals surface area contributed by atoms with Crippen molar-refractivity contribution in [1.29, 1.82) is 0 Å². The Balaban J connectivity index is 1.63. The third kappa shape index (κ3) is 5.33. The van der Waals surface area contributed by atoms with Crippen LogP contribution in [-0.2, 0) is 29.1 Å². The predicted molar refractivity (Wildman–Crippen MR) is 118 cm³/mol. The zero-order valence-electron chi connectivity index (χ0n) is 19.6. The molecule has 0 saturated carbocycles. The second-order valence-corrected chi connectivity index (χ2v) is 10.6. The van der Waals surface area contributed by atoms with E-state index in [1.807, 2.05) is 0 Å². The molecule has 0 spiro atoms. The van der Waals surface area contributed by atoms with Gasteiger partial charge in [-0.25, -0.2) is 17.5 Å². The number of fused-ring (bicyclic) bond motifs is 1. The Labute approximate surface area is 211 Å². The number of hydrogen-bond acceptors (Lipinski definition) is 5. The maximum atomic E-state index is 14.5. The van der Waals surface area contributed by atoms with Crippen molar-refractivity contribution < 1.29 is 48.7 Å². The molecule has 1 amide bonds. The van der Waals surface area contributed by atoms with Crippen molar-refractivity contribution in [2.45, 2.75) is 43.4 Å². The van der Waals surface area contributed by atoms with Crippen LogP contribution in [-0.4, -0.2) is 47.5 Å². The molecule has 0 fully saturated rings. The molecule has 15 heteroatoms. The fraction of sp³-hybridized carbons (Fsp3) is 0.304. The molecule has 204 valence electrons. The topological polar surface area (TPSA) is 81.5 Å². The predicted octanol–water partition coefficient (Wildman–Crippen LogP) is 4.92. The molecule has 2 aromatic carbocycles. The number of sulfone groups is 1. The molecule has 0 N–H and O–H groups in total. The van der Waals surface area contributed by atoms with Gasteiger partial charge in [-0.1, -0.05) is 6.07 Å². The van der Waals surface area contributed by atoms with Crippen LogP contribution in [0.5, 0.6) is 5.75 Å². The summed E-state index contributed by atoms with van der Waals surface area (Å²) in [5, 5.41) is 4.07. The van der Waals surface area contributed by atoms with E-state index in [1.54, 1.807) is 0 Å². The molecule has 1 aromatic heterocycles. The number of amides is 1. The first-order valence-corrected chi connectivity index (χ1v) is 12.7. The van der Waals surface area contributed by atoms with Gasteiger partial charge in [-0.05, 0) is 37.3 Å². The minimum Gasteiger partial charge on any atom is -0.480 e. The lowest BCUT2D eigenvalue weighted by Gasteiger charge is -2.22. The van der Waals surface area contributed by atoms with Crippen LogP contribution < -0.4 is 4.74 Å². The number of alkyl halides is 6. The number of rotatable bonds is 5. The minimum absolute atomic E-state index is 0.174. The number of benzene rings is 2. The van der Waals surface area contributed by atoms with Crippen LogP contribution in [0.1, 0.15) is 34.1 Å². The fourth-order valence-corrected chi connectivity index (χ4v) is 4.42. The molecular formula is C23H18F7N3O4S. The van der Waals surface area contributed by atoms with E-state index < -0.39 is 62.6 Å². The highest BCUT2D eigenvalue weighted by molar-refractivity contribution is 7.90. The van der Waals surface area contributed by atoms with Crippen LogP contribution >= 0.6 is 0 Å². The summed E-state index contributed by atoms with van der Waals surface area (Å²) in [7, 11) is -3.83. The lowest BCUT2D eigenvalue weighted by atomic mass is 10.1. The summed E-state index contributed by atoms with van der Waals surface area (Å²) in [6.45, 7) is 0.325. The molecule has 0 unspecified atom stereocenters. The standard InChI is InChI=1S/C23H18F7N3O4S/c1-12(22(25,26)27)37-19-7-6-14(38(2,35)36)8-15(19)21(34)32-9-13-10-33(31-17(13)11-32)18-5-3-4-16(20(18)24)23(28,29)30/h3-8,10,12H,9,11H2,1-2H3/t12-/m0/s1. The second-order valence-electron chi connectivity index (χ2n) is 8.58. The van der Waals surface area contributed by atoms with Gasteiger partial charge in [-0.3, -0.25) is 4.79 Å². The first-order chi connectivity index (χ1) is 17.5. The summed E-state index contributed by atoms with van der Waals surface area (Å²) in [5.74, 6) is -2.89. The smallest absolute Gasteiger partial charge is 0.425 e. The van der Waals surface area contributed by atoms with Crippen molar-refractivity contribution in [2.24, 2.45) is 0 Å².